The first-order valence-electron chi connectivity index (χ1n) is 5.65. The predicted molar refractivity (Wildman–Crippen MR) is 79.9 cm³/mol. The summed E-state index contributed by atoms with van der Waals surface area (Å²) in [6, 6.07) is 9.57. The van der Waals surface area contributed by atoms with Crippen molar-refractivity contribution in [1.82, 2.24) is 9.38 Å². The van der Waals surface area contributed by atoms with E-state index in [0.29, 0.717) is 10.8 Å². The largest absolute Gasteiger partial charge is 0.495 e. The normalized spacial score (nSPS) is 10.9. The van der Waals surface area contributed by atoms with Crippen molar-refractivity contribution in [2.45, 2.75) is 0 Å². The number of imidazole rings is 1. The molecule has 3 rings (SSSR count). The number of ether oxygens (including phenoxy) is 1. The number of aromatic nitrogens is 2. The van der Waals surface area contributed by atoms with Gasteiger partial charge in [-0.25, -0.2) is 4.98 Å². The molecule has 96 valence electrons. The molecule has 19 heavy (non-hydrogen) atoms. The zero-order chi connectivity index (χ0) is 13.4. The molecule has 0 spiro atoms. The Bertz CT molecular complexity index is 754. The first-order chi connectivity index (χ1) is 9.17. The summed E-state index contributed by atoms with van der Waals surface area (Å²) in [6.07, 6.45) is 3.94. The van der Waals surface area contributed by atoms with Gasteiger partial charge in [0.25, 0.3) is 0 Å². The van der Waals surface area contributed by atoms with Crippen LogP contribution in [0.3, 0.4) is 0 Å². The molecule has 0 aliphatic carbocycles. The van der Waals surface area contributed by atoms with Crippen LogP contribution in [0.1, 0.15) is 0 Å². The Morgan fingerprint density at radius 2 is 2.05 bits per heavy atom. The van der Waals surface area contributed by atoms with Gasteiger partial charge in [0.05, 0.1) is 17.8 Å². The van der Waals surface area contributed by atoms with Crippen molar-refractivity contribution in [3.05, 3.63) is 52.2 Å². The minimum atomic E-state index is 0.582. The lowest BCUT2D eigenvalue weighted by Crippen LogP contribution is -1.85. The van der Waals surface area contributed by atoms with Crippen LogP contribution in [-0.2, 0) is 0 Å². The highest BCUT2D eigenvalue weighted by Crippen LogP contribution is 2.30. The number of hydrogen-bond acceptors (Lipinski definition) is 2. The maximum atomic E-state index is 6.14. The lowest BCUT2D eigenvalue weighted by molar-refractivity contribution is 0.415. The topological polar surface area (TPSA) is 26.5 Å². The Balaban J connectivity index is 2.11. The van der Waals surface area contributed by atoms with Crippen LogP contribution in [0, 0.1) is 0 Å². The van der Waals surface area contributed by atoms with Crippen molar-refractivity contribution < 1.29 is 4.74 Å². The van der Waals surface area contributed by atoms with Crippen LogP contribution >= 0.6 is 27.5 Å². The molecule has 0 saturated carbocycles. The first kappa shape index (κ1) is 12.5. The second-order valence-electron chi connectivity index (χ2n) is 4.09. The molecular formula is C14H10BrClN2O. The van der Waals surface area contributed by atoms with Crippen molar-refractivity contribution in [1.29, 1.82) is 0 Å². The Morgan fingerprint density at radius 3 is 2.79 bits per heavy atom. The molecule has 0 saturated heterocycles. The van der Waals surface area contributed by atoms with E-state index in [1.165, 1.54) is 0 Å². The van der Waals surface area contributed by atoms with E-state index in [9.17, 15) is 0 Å². The fraction of sp³-hybridized carbons (Fsp3) is 0.0714. The summed E-state index contributed by atoms with van der Waals surface area (Å²) >= 11 is 9.58. The number of fused-ring (bicyclic) bond motifs is 1. The molecule has 3 aromatic rings. The second kappa shape index (κ2) is 4.87. The van der Waals surface area contributed by atoms with Crippen LogP contribution in [0.25, 0.3) is 16.9 Å². The summed E-state index contributed by atoms with van der Waals surface area (Å²) in [6.45, 7) is 0. The standard InChI is InChI=1S/C14H10BrClN2O/c1-19-13-4-2-9(6-11(13)16)12-8-18-7-10(15)3-5-14(18)17-12/h2-8H,1H3. The molecule has 5 heteroatoms. The SMILES string of the molecule is COc1ccc(-c2cn3cc(Br)ccc3n2)cc1Cl. The van der Waals surface area contributed by atoms with Crippen molar-refractivity contribution in [3.63, 3.8) is 0 Å². The van der Waals surface area contributed by atoms with Crippen molar-refractivity contribution in [2.75, 3.05) is 7.11 Å². The number of benzene rings is 1. The van der Waals surface area contributed by atoms with Gasteiger partial charge in [-0.3, -0.25) is 0 Å². The average Bonchev–Trinajstić information content (AvgIpc) is 2.81. The average molecular weight is 338 g/mol. The number of rotatable bonds is 2. The molecule has 2 aromatic heterocycles. The van der Waals surface area contributed by atoms with Gasteiger partial charge in [-0.15, -0.1) is 0 Å². The molecule has 0 aliphatic heterocycles. The molecule has 0 fully saturated rings. The van der Waals surface area contributed by atoms with Crippen LogP contribution in [0.5, 0.6) is 5.75 Å². The molecule has 0 radical (unpaired) electrons. The molecule has 0 amide bonds. The van der Waals surface area contributed by atoms with Gasteiger partial charge in [0.1, 0.15) is 11.4 Å². The van der Waals surface area contributed by atoms with Gasteiger partial charge < -0.3 is 9.14 Å². The third-order valence-corrected chi connectivity index (χ3v) is 3.63. The van der Waals surface area contributed by atoms with E-state index in [-0.39, 0.29) is 0 Å². The van der Waals surface area contributed by atoms with Crippen LogP contribution in [0.2, 0.25) is 5.02 Å². The Labute approximate surface area is 123 Å². The minimum absolute atomic E-state index is 0.582. The molecule has 0 bridgehead atoms. The van der Waals surface area contributed by atoms with Crippen LogP contribution in [-0.4, -0.2) is 16.5 Å². The number of nitrogens with zero attached hydrogens (tertiary/aromatic N) is 2. The van der Waals surface area contributed by atoms with E-state index in [1.54, 1.807) is 7.11 Å². The highest BCUT2D eigenvalue weighted by atomic mass is 79.9. The maximum Gasteiger partial charge on any atom is 0.137 e. The molecule has 0 aliphatic rings. The van der Waals surface area contributed by atoms with Gasteiger partial charge in [0.2, 0.25) is 0 Å². The van der Waals surface area contributed by atoms with E-state index < -0.39 is 0 Å². The summed E-state index contributed by atoms with van der Waals surface area (Å²) in [7, 11) is 1.60. The summed E-state index contributed by atoms with van der Waals surface area (Å²) in [4.78, 5) is 4.56. The van der Waals surface area contributed by atoms with E-state index >= 15 is 0 Å². The number of pyridine rings is 1. The van der Waals surface area contributed by atoms with Crippen LogP contribution < -0.4 is 4.74 Å². The highest BCUT2D eigenvalue weighted by Gasteiger charge is 2.07. The predicted octanol–water partition coefficient (Wildman–Crippen LogP) is 4.43. The summed E-state index contributed by atoms with van der Waals surface area (Å²) in [5.74, 6) is 0.664. The quantitative estimate of drug-likeness (QED) is 0.692. The third-order valence-electron chi connectivity index (χ3n) is 2.86. The molecule has 0 atom stereocenters. The van der Waals surface area contributed by atoms with Gasteiger partial charge in [0, 0.05) is 22.4 Å². The Morgan fingerprint density at radius 1 is 1.21 bits per heavy atom. The smallest absolute Gasteiger partial charge is 0.137 e. The highest BCUT2D eigenvalue weighted by molar-refractivity contribution is 9.10. The van der Waals surface area contributed by atoms with Crippen molar-refractivity contribution >= 4 is 33.2 Å². The zero-order valence-corrected chi connectivity index (χ0v) is 12.4. The number of hydrogen-bond donors (Lipinski definition) is 0. The van der Waals surface area contributed by atoms with Gasteiger partial charge in [-0.1, -0.05) is 11.6 Å². The van der Waals surface area contributed by atoms with E-state index in [0.717, 1.165) is 21.4 Å². The zero-order valence-electron chi connectivity index (χ0n) is 10.1. The Hall–Kier alpha value is -1.52. The second-order valence-corrected chi connectivity index (χ2v) is 5.41. The number of halogens is 2. The van der Waals surface area contributed by atoms with Gasteiger partial charge >= 0.3 is 0 Å². The molecule has 2 heterocycles. The molecule has 0 N–H and O–H groups in total. The van der Waals surface area contributed by atoms with E-state index in [4.69, 9.17) is 16.3 Å². The molecular weight excluding hydrogens is 328 g/mol. The summed E-state index contributed by atoms with van der Waals surface area (Å²) < 4.78 is 8.13. The fourth-order valence-electron chi connectivity index (χ4n) is 1.93. The van der Waals surface area contributed by atoms with Crippen molar-refractivity contribution in [2.24, 2.45) is 0 Å². The molecule has 1 aromatic carbocycles. The van der Waals surface area contributed by atoms with Gasteiger partial charge in [0.15, 0.2) is 0 Å². The molecule has 3 nitrogen and oxygen atoms in total. The third kappa shape index (κ3) is 2.33. The Kier molecular flexibility index (Phi) is 3.21. The van der Waals surface area contributed by atoms with E-state index in [2.05, 4.69) is 20.9 Å². The summed E-state index contributed by atoms with van der Waals surface area (Å²) in [5.41, 5.74) is 2.73. The van der Waals surface area contributed by atoms with Crippen LogP contribution in [0.4, 0.5) is 0 Å². The molecule has 0 unspecified atom stereocenters. The minimum Gasteiger partial charge on any atom is -0.495 e. The number of methoxy groups -OCH3 is 1. The lowest BCUT2D eigenvalue weighted by atomic mass is 10.1. The fourth-order valence-corrected chi connectivity index (χ4v) is 2.54. The lowest BCUT2D eigenvalue weighted by Gasteiger charge is -2.03. The van der Waals surface area contributed by atoms with Gasteiger partial charge in [-0.2, -0.15) is 0 Å². The van der Waals surface area contributed by atoms with Crippen LogP contribution in [0.15, 0.2) is 47.2 Å². The maximum absolute atomic E-state index is 6.14. The summed E-state index contributed by atoms with van der Waals surface area (Å²) in [5, 5.41) is 0.582. The first-order valence-corrected chi connectivity index (χ1v) is 6.82. The van der Waals surface area contributed by atoms with Gasteiger partial charge in [-0.05, 0) is 46.3 Å². The monoisotopic (exact) mass is 336 g/mol. The van der Waals surface area contributed by atoms with Crippen molar-refractivity contribution in [3.8, 4) is 17.0 Å². The van der Waals surface area contributed by atoms with E-state index in [1.807, 2.05) is 47.1 Å².